The van der Waals surface area contributed by atoms with Gasteiger partial charge in [-0.15, -0.1) is 0 Å². The van der Waals surface area contributed by atoms with E-state index in [1.165, 1.54) is 0 Å². The molecular weight excluding hydrogens is 126 g/mol. The van der Waals surface area contributed by atoms with Crippen LogP contribution in [0.25, 0.3) is 6.20 Å². The lowest BCUT2D eigenvalue weighted by atomic mass is 10.5. The molecule has 0 aliphatic heterocycles. The van der Waals surface area contributed by atoms with Crippen LogP contribution in [0.5, 0.6) is 0 Å². The zero-order chi connectivity index (χ0) is 7.40. The van der Waals surface area contributed by atoms with Gasteiger partial charge in [-0.2, -0.15) is 5.10 Å². The Bertz CT molecular complexity index is 225. The molecule has 0 aliphatic carbocycles. The van der Waals surface area contributed by atoms with Gasteiger partial charge >= 0.3 is 0 Å². The van der Waals surface area contributed by atoms with Gasteiger partial charge in [-0.25, -0.2) is 4.68 Å². The van der Waals surface area contributed by atoms with Crippen molar-refractivity contribution in [1.82, 2.24) is 15.1 Å². The number of nitrogens with one attached hydrogen (secondary N) is 1. The standard InChI is InChI=1S/C7H11N3/c1-7-3-4-9-10(7)6-5-8-2/h3-6,8H,1-2H3/b6-5-. The van der Waals surface area contributed by atoms with Crippen molar-refractivity contribution in [3.05, 3.63) is 24.2 Å². The summed E-state index contributed by atoms with van der Waals surface area (Å²) in [5, 5.41) is 6.93. The highest BCUT2D eigenvalue weighted by atomic mass is 15.3. The molecule has 1 aromatic heterocycles. The monoisotopic (exact) mass is 137 g/mol. The van der Waals surface area contributed by atoms with Crippen molar-refractivity contribution in [1.29, 1.82) is 0 Å². The lowest BCUT2D eigenvalue weighted by Gasteiger charge is -1.93. The highest BCUT2D eigenvalue weighted by molar-refractivity contribution is 5.22. The van der Waals surface area contributed by atoms with Gasteiger partial charge < -0.3 is 5.32 Å². The molecule has 0 fully saturated rings. The SMILES string of the molecule is CN/C=C\n1nccc1C. The summed E-state index contributed by atoms with van der Waals surface area (Å²) < 4.78 is 1.80. The van der Waals surface area contributed by atoms with Gasteiger partial charge in [0.2, 0.25) is 0 Å². The van der Waals surface area contributed by atoms with Crippen LogP contribution in [-0.2, 0) is 0 Å². The van der Waals surface area contributed by atoms with E-state index >= 15 is 0 Å². The van der Waals surface area contributed by atoms with Gasteiger partial charge in [0.1, 0.15) is 0 Å². The number of aryl methyl sites for hydroxylation is 1. The second kappa shape index (κ2) is 3.06. The fraction of sp³-hybridized carbons (Fsp3) is 0.286. The Kier molecular flexibility index (Phi) is 2.10. The van der Waals surface area contributed by atoms with Crippen LogP contribution in [0.4, 0.5) is 0 Å². The average molecular weight is 137 g/mol. The van der Waals surface area contributed by atoms with Crippen molar-refractivity contribution in [3.8, 4) is 0 Å². The molecule has 3 heteroatoms. The zero-order valence-corrected chi connectivity index (χ0v) is 6.20. The third kappa shape index (κ3) is 1.37. The molecule has 0 saturated carbocycles. The fourth-order valence-electron chi connectivity index (χ4n) is 0.682. The van der Waals surface area contributed by atoms with Crippen LogP contribution in [0.15, 0.2) is 18.5 Å². The van der Waals surface area contributed by atoms with Crippen LogP contribution in [0.3, 0.4) is 0 Å². The van der Waals surface area contributed by atoms with Gasteiger partial charge in [-0.1, -0.05) is 0 Å². The number of hydrogen-bond acceptors (Lipinski definition) is 2. The van der Waals surface area contributed by atoms with Gasteiger partial charge in [0.05, 0.1) is 0 Å². The molecule has 0 atom stereocenters. The maximum absolute atomic E-state index is 4.04. The third-order valence-corrected chi connectivity index (χ3v) is 1.25. The summed E-state index contributed by atoms with van der Waals surface area (Å²) in [7, 11) is 1.86. The van der Waals surface area contributed by atoms with Gasteiger partial charge in [0.25, 0.3) is 0 Å². The van der Waals surface area contributed by atoms with Crippen molar-refractivity contribution in [2.45, 2.75) is 6.92 Å². The number of aromatic nitrogens is 2. The van der Waals surface area contributed by atoms with E-state index in [1.54, 1.807) is 10.9 Å². The summed E-state index contributed by atoms with van der Waals surface area (Å²) in [6, 6.07) is 1.96. The van der Waals surface area contributed by atoms with Gasteiger partial charge in [0.15, 0.2) is 0 Å². The second-order valence-electron chi connectivity index (χ2n) is 2.02. The predicted octanol–water partition coefficient (Wildman–Crippen LogP) is 0.839. The molecule has 0 bridgehead atoms. The van der Waals surface area contributed by atoms with Crippen molar-refractivity contribution < 1.29 is 0 Å². The molecule has 0 saturated heterocycles. The van der Waals surface area contributed by atoms with Gasteiger partial charge in [-0.05, 0) is 13.0 Å². The molecule has 0 radical (unpaired) electrons. The fourth-order valence-corrected chi connectivity index (χ4v) is 0.682. The van der Waals surface area contributed by atoms with Crippen LogP contribution in [0, 0.1) is 6.92 Å². The van der Waals surface area contributed by atoms with E-state index in [1.807, 2.05) is 32.4 Å². The molecule has 0 aliphatic rings. The molecule has 0 spiro atoms. The molecule has 10 heavy (non-hydrogen) atoms. The van der Waals surface area contributed by atoms with E-state index in [2.05, 4.69) is 10.4 Å². The summed E-state index contributed by atoms with van der Waals surface area (Å²) in [6.07, 6.45) is 5.48. The summed E-state index contributed by atoms with van der Waals surface area (Å²) in [5.74, 6) is 0. The summed E-state index contributed by atoms with van der Waals surface area (Å²) in [5.41, 5.74) is 1.13. The van der Waals surface area contributed by atoms with Crippen LogP contribution in [-0.4, -0.2) is 16.8 Å². The number of hydrogen-bond donors (Lipinski definition) is 1. The topological polar surface area (TPSA) is 29.9 Å². The number of nitrogens with zero attached hydrogens (tertiary/aromatic N) is 2. The minimum Gasteiger partial charge on any atom is -0.393 e. The van der Waals surface area contributed by atoms with Crippen LogP contribution < -0.4 is 5.32 Å². The first-order valence-corrected chi connectivity index (χ1v) is 3.18. The molecule has 1 N–H and O–H groups in total. The average Bonchev–Trinajstić information content (AvgIpc) is 2.31. The molecule has 0 amide bonds. The lowest BCUT2D eigenvalue weighted by Crippen LogP contribution is -1.96. The van der Waals surface area contributed by atoms with Crippen molar-refractivity contribution in [2.24, 2.45) is 0 Å². The van der Waals surface area contributed by atoms with E-state index < -0.39 is 0 Å². The normalized spacial score (nSPS) is 10.6. The van der Waals surface area contributed by atoms with Crippen LogP contribution in [0.2, 0.25) is 0 Å². The predicted molar refractivity (Wildman–Crippen MR) is 41.4 cm³/mol. The molecular formula is C7H11N3. The van der Waals surface area contributed by atoms with Crippen molar-refractivity contribution >= 4 is 6.20 Å². The van der Waals surface area contributed by atoms with Crippen LogP contribution in [0.1, 0.15) is 5.69 Å². The molecule has 0 aromatic carbocycles. The smallest absolute Gasteiger partial charge is 0.0496 e. The maximum atomic E-state index is 4.04. The summed E-state index contributed by atoms with van der Waals surface area (Å²) >= 11 is 0. The number of rotatable bonds is 2. The molecule has 1 rings (SSSR count). The minimum atomic E-state index is 1.13. The Morgan fingerprint density at radius 1 is 1.70 bits per heavy atom. The molecule has 1 heterocycles. The van der Waals surface area contributed by atoms with E-state index in [0.29, 0.717) is 0 Å². The molecule has 1 aromatic rings. The first-order chi connectivity index (χ1) is 4.84. The zero-order valence-electron chi connectivity index (χ0n) is 6.20. The second-order valence-corrected chi connectivity index (χ2v) is 2.02. The summed E-state index contributed by atoms with van der Waals surface area (Å²) in [6.45, 7) is 2.01. The van der Waals surface area contributed by atoms with Crippen molar-refractivity contribution in [2.75, 3.05) is 7.05 Å². The largest absolute Gasteiger partial charge is 0.393 e. The van der Waals surface area contributed by atoms with E-state index in [4.69, 9.17) is 0 Å². The van der Waals surface area contributed by atoms with E-state index in [9.17, 15) is 0 Å². The maximum Gasteiger partial charge on any atom is 0.0496 e. The minimum absolute atomic E-state index is 1.13. The molecule has 54 valence electrons. The Morgan fingerprint density at radius 3 is 3.00 bits per heavy atom. The Balaban J connectivity index is 2.74. The van der Waals surface area contributed by atoms with Crippen LogP contribution >= 0.6 is 0 Å². The van der Waals surface area contributed by atoms with E-state index in [-0.39, 0.29) is 0 Å². The summed E-state index contributed by atoms with van der Waals surface area (Å²) in [4.78, 5) is 0. The molecule has 3 nitrogen and oxygen atoms in total. The lowest BCUT2D eigenvalue weighted by molar-refractivity contribution is 0.889. The Hall–Kier alpha value is -1.25. The highest BCUT2D eigenvalue weighted by Crippen LogP contribution is 1.94. The van der Waals surface area contributed by atoms with Crippen molar-refractivity contribution in [3.63, 3.8) is 0 Å². The first kappa shape index (κ1) is 6.86. The van der Waals surface area contributed by atoms with E-state index in [0.717, 1.165) is 5.69 Å². The third-order valence-electron chi connectivity index (χ3n) is 1.25. The molecule has 0 unspecified atom stereocenters. The first-order valence-electron chi connectivity index (χ1n) is 3.18. The van der Waals surface area contributed by atoms with Gasteiger partial charge in [0, 0.05) is 31.3 Å². The quantitative estimate of drug-likeness (QED) is 0.654. The Labute approximate surface area is 60.4 Å². The highest BCUT2D eigenvalue weighted by Gasteiger charge is 1.88. The van der Waals surface area contributed by atoms with Gasteiger partial charge in [-0.3, -0.25) is 0 Å². The Morgan fingerprint density at radius 2 is 2.50 bits per heavy atom.